The zero-order chi connectivity index (χ0) is 12.6. The molecule has 0 aromatic carbocycles. The average Bonchev–Trinajstić information content (AvgIpc) is 3.22. The Balaban J connectivity index is 1.61. The highest BCUT2D eigenvalue weighted by molar-refractivity contribution is 5.79. The highest BCUT2D eigenvalue weighted by Crippen LogP contribution is 2.31. The number of rotatable bonds is 6. The third-order valence-electron chi connectivity index (χ3n) is 3.17. The number of aromatic nitrogens is 1. The Morgan fingerprint density at radius 2 is 2.17 bits per heavy atom. The maximum Gasteiger partial charge on any atom is 0.190 e. The first kappa shape index (κ1) is 12.9. The van der Waals surface area contributed by atoms with E-state index >= 15 is 0 Å². The van der Waals surface area contributed by atoms with Gasteiger partial charge in [0.25, 0.3) is 0 Å². The monoisotopic (exact) mass is 246 g/mol. The van der Waals surface area contributed by atoms with E-state index in [1.165, 1.54) is 19.3 Å². The minimum atomic E-state index is 0.861. The van der Waals surface area contributed by atoms with Gasteiger partial charge in [0, 0.05) is 38.4 Å². The Kier molecular flexibility index (Phi) is 5.00. The van der Waals surface area contributed by atoms with Crippen molar-refractivity contribution in [1.82, 2.24) is 15.6 Å². The Hall–Kier alpha value is -1.58. The number of hydrogen-bond donors (Lipinski definition) is 2. The maximum absolute atomic E-state index is 4.29. The zero-order valence-electron chi connectivity index (χ0n) is 11.0. The van der Waals surface area contributed by atoms with E-state index < -0.39 is 0 Å². The van der Waals surface area contributed by atoms with Crippen molar-refractivity contribution in [3.63, 3.8) is 0 Å². The van der Waals surface area contributed by atoms with Crippen molar-refractivity contribution in [3.05, 3.63) is 30.1 Å². The molecule has 1 heterocycles. The molecule has 1 aliphatic rings. The molecular formula is C14H22N4. The van der Waals surface area contributed by atoms with Crippen LogP contribution in [0.3, 0.4) is 0 Å². The van der Waals surface area contributed by atoms with Crippen LogP contribution in [0, 0.1) is 5.92 Å². The van der Waals surface area contributed by atoms with Crippen molar-refractivity contribution in [1.29, 1.82) is 0 Å². The summed E-state index contributed by atoms with van der Waals surface area (Å²) in [6.45, 7) is 1.88. The smallest absolute Gasteiger partial charge is 0.190 e. The van der Waals surface area contributed by atoms with Gasteiger partial charge in [-0.25, -0.2) is 0 Å². The van der Waals surface area contributed by atoms with Crippen LogP contribution >= 0.6 is 0 Å². The van der Waals surface area contributed by atoms with Gasteiger partial charge in [0.15, 0.2) is 5.96 Å². The van der Waals surface area contributed by atoms with E-state index in [0.29, 0.717) is 0 Å². The van der Waals surface area contributed by atoms with Crippen molar-refractivity contribution < 1.29 is 0 Å². The molecule has 0 unspecified atom stereocenters. The zero-order valence-corrected chi connectivity index (χ0v) is 11.0. The van der Waals surface area contributed by atoms with Crippen molar-refractivity contribution in [3.8, 4) is 0 Å². The van der Waals surface area contributed by atoms with Gasteiger partial charge in [-0.1, -0.05) is 18.9 Å². The number of nitrogens with zero attached hydrogens (tertiary/aromatic N) is 2. The summed E-state index contributed by atoms with van der Waals surface area (Å²) >= 11 is 0. The molecule has 98 valence electrons. The summed E-state index contributed by atoms with van der Waals surface area (Å²) in [5.74, 6) is 1.86. The van der Waals surface area contributed by atoms with Gasteiger partial charge in [0.1, 0.15) is 0 Å². The van der Waals surface area contributed by atoms with Crippen molar-refractivity contribution in [2.24, 2.45) is 10.9 Å². The normalized spacial score (nSPS) is 15.5. The molecule has 1 aromatic rings. The number of hydrogen-bond acceptors (Lipinski definition) is 2. The molecular weight excluding hydrogens is 224 g/mol. The fourth-order valence-electron chi connectivity index (χ4n) is 1.88. The van der Waals surface area contributed by atoms with E-state index in [0.717, 1.165) is 37.1 Å². The third-order valence-corrected chi connectivity index (χ3v) is 3.17. The van der Waals surface area contributed by atoms with Gasteiger partial charge < -0.3 is 10.6 Å². The van der Waals surface area contributed by atoms with Crippen LogP contribution in [0.25, 0.3) is 0 Å². The van der Waals surface area contributed by atoms with E-state index in [-0.39, 0.29) is 0 Å². The van der Waals surface area contributed by atoms with E-state index in [2.05, 4.69) is 20.6 Å². The van der Waals surface area contributed by atoms with Crippen LogP contribution in [0.5, 0.6) is 0 Å². The number of nitrogens with one attached hydrogen (secondary N) is 2. The first-order valence-corrected chi connectivity index (χ1v) is 6.73. The summed E-state index contributed by atoms with van der Waals surface area (Å²) < 4.78 is 0. The molecule has 1 saturated carbocycles. The van der Waals surface area contributed by atoms with E-state index in [1.54, 1.807) is 0 Å². The molecule has 1 aliphatic carbocycles. The molecule has 2 rings (SSSR count). The Labute approximate surface area is 109 Å². The SMILES string of the molecule is CN=C(NCCc1ccccn1)NCCC1CC1. The molecule has 2 N–H and O–H groups in total. The lowest BCUT2D eigenvalue weighted by molar-refractivity contribution is 0.683. The standard InChI is InChI=1S/C14H22N4/c1-15-14(17-10-7-12-5-6-12)18-11-8-13-4-2-3-9-16-13/h2-4,9,12H,5-8,10-11H2,1H3,(H2,15,17,18). The molecule has 0 radical (unpaired) electrons. The van der Waals surface area contributed by atoms with Gasteiger partial charge in [-0.2, -0.15) is 0 Å². The molecule has 1 aromatic heterocycles. The maximum atomic E-state index is 4.29. The predicted octanol–water partition coefficient (Wildman–Crippen LogP) is 1.59. The first-order valence-electron chi connectivity index (χ1n) is 6.73. The summed E-state index contributed by atoms with van der Waals surface area (Å²) in [6, 6.07) is 6.01. The van der Waals surface area contributed by atoms with Crippen molar-refractivity contribution in [2.45, 2.75) is 25.7 Å². The second-order valence-corrected chi connectivity index (χ2v) is 4.73. The van der Waals surface area contributed by atoms with Gasteiger partial charge in [-0.05, 0) is 24.5 Å². The average molecular weight is 246 g/mol. The van der Waals surface area contributed by atoms with Crippen molar-refractivity contribution in [2.75, 3.05) is 20.1 Å². The van der Waals surface area contributed by atoms with Crippen LogP contribution in [0.1, 0.15) is 25.0 Å². The van der Waals surface area contributed by atoms with Crippen LogP contribution < -0.4 is 10.6 Å². The minimum Gasteiger partial charge on any atom is -0.356 e. The van der Waals surface area contributed by atoms with Gasteiger partial charge >= 0.3 is 0 Å². The molecule has 0 saturated heterocycles. The van der Waals surface area contributed by atoms with Crippen LogP contribution in [-0.4, -0.2) is 31.1 Å². The number of aliphatic imine (C=N–C) groups is 1. The fraction of sp³-hybridized carbons (Fsp3) is 0.571. The second kappa shape index (κ2) is 6.99. The van der Waals surface area contributed by atoms with Crippen LogP contribution in [0.4, 0.5) is 0 Å². The molecule has 1 fully saturated rings. The lowest BCUT2D eigenvalue weighted by atomic mass is 10.3. The molecule has 0 amide bonds. The number of pyridine rings is 1. The molecule has 0 spiro atoms. The van der Waals surface area contributed by atoms with Crippen LogP contribution in [0.15, 0.2) is 29.4 Å². The second-order valence-electron chi connectivity index (χ2n) is 4.73. The molecule has 0 aliphatic heterocycles. The van der Waals surface area contributed by atoms with Gasteiger partial charge in [-0.15, -0.1) is 0 Å². The lowest BCUT2D eigenvalue weighted by Crippen LogP contribution is -2.38. The lowest BCUT2D eigenvalue weighted by Gasteiger charge is -2.11. The largest absolute Gasteiger partial charge is 0.356 e. The van der Waals surface area contributed by atoms with Gasteiger partial charge in [0.2, 0.25) is 0 Å². The summed E-state index contributed by atoms with van der Waals surface area (Å²) in [5, 5.41) is 6.66. The summed E-state index contributed by atoms with van der Waals surface area (Å²) in [7, 11) is 1.81. The fourth-order valence-corrected chi connectivity index (χ4v) is 1.88. The molecule has 0 atom stereocenters. The van der Waals surface area contributed by atoms with E-state index in [1.807, 2.05) is 31.4 Å². The van der Waals surface area contributed by atoms with Gasteiger partial charge in [0.05, 0.1) is 0 Å². The third kappa shape index (κ3) is 4.73. The van der Waals surface area contributed by atoms with Gasteiger partial charge in [-0.3, -0.25) is 9.98 Å². The molecule has 0 bridgehead atoms. The Morgan fingerprint density at radius 1 is 1.33 bits per heavy atom. The Bertz CT molecular complexity index is 371. The minimum absolute atomic E-state index is 0.861. The summed E-state index contributed by atoms with van der Waals surface area (Å²) in [6.07, 6.45) is 6.84. The van der Waals surface area contributed by atoms with Crippen molar-refractivity contribution >= 4 is 5.96 Å². The molecule has 4 heteroatoms. The predicted molar refractivity (Wildman–Crippen MR) is 74.6 cm³/mol. The summed E-state index contributed by atoms with van der Waals surface area (Å²) in [4.78, 5) is 8.51. The Morgan fingerprint density at radius 3 is 2.83 bits per heavy atom. The highest BCUT2D eigenvalue weighted by atomic mass is 15.2. The van der Waals surface area contributed by atoms with E-state index in [9.17, 15) is 0 Å². The van der Waals surface area contributed by atoms with Crippen LogP contribution in [-0.2, 0) is 6.42 Å². The van der Waals surface area contributed by atoms with E-state index in [4.69, 9.17) is 0 Å². The topological polar surface area (TPSA) is 49.3 Å². The molecule has 18 heavy (non-hydrogen) atoms. The highest BCUT2D eigenvalue weighted by Gasteiger charge is 2.20. The first-order chi connectivity index (χ1) is 8.88. The number of guanidine groups is 1. The quantitative estimate of drug-likeness (QED) is 0.592. The summed E-state index contributed by atoms with van der Waals surface area (Å²) in [5.41, 5.74) is 1.11. The molecule has 4 nitrogen and oxygen atoms in total. The van der Waals surface area contributed by atoms with Crippen LogP contribution in [0.2, 0.25) is 0 Å².